The molecule has 4 atom stereocenters. The first-order valence-corrected chi connectivity index (χ1v) is 14.2. The van der Waals surface area contributed by atoms with Crippen LogP contribution in [0.25, 0.3) is 6.08 Å². The topological polar surface area (TPSA) is 115 Å². The number of furan rings is 1. The number of nitro benzene ring substituents is 1. The van der Waals surface area contributed by atoms with E-state index in [1.165, 1.54) is 30.2 Å². The predicted molar refractivity (Wildman–Crippen MR) is 155 cm³/mol. The third-order valence-electron chi connectivity index (χ3n) is 7.39. The van der Waals surface area contributed by atoms with Gasteiger partial charge in [0.05, 0.1) is 22.7 Å². The van der Waals surface area contributed by atoms with Crippen LogP contribution in [0.1, 0.15) is 41.9 Å². The second-order valence-electron chi connectivity index (χ2n) is 9.90. The number of nitrogens with zero attached hydrogens (tertiary/aromatic N) is 2. The fraction of sp³-hybridized carbons (Fsp3) is 0.310. The Hall–Kier alpha value is -3.54. The lowest BCUT2D eigenvalue weighted by molar-refractivity contribution is -0.384. The van der Waals surface area contributed by atoms with Gasteiger partial charge in [-0.2, -0.15) is 0 Å². The van der Waals surface area contributed by atoms with Gasteiger partial charge in [-0.25, -0.2) is 0 Å². The highest BCUT2D eigenvalue weighted by Crippen LogP contribution is 2.56. The molecule has 1 N–H and O–H groups in total. The molecule has 2 fully saturated rings. The van der Waals surface area contributed by atoms with Gasteiger partial charge in [0, 0.05) is 29.1 Å². The number of nitrogens with one attached hydrogen (secondary N) is 1. The summed E-state index contributed by atoms with van der Waals surface area (Å²) in [5.41, 5.74) is 0.638. The molecule has 0 saturated carbocycles. The summed E-state index contributed by atoms with van der Waals surface area (Å²) in [6.07, 6.45) is 3.22. The van der Waals surface area contributed by atoms with Crippen molar-refractivity contribution in [1.29, 1.82) is 0 Å². The quantitative estimate of drug-likeness (QED) is 0.131. The van der Waals surface area contributed by atoms with Crippen molar-refractivity contribution in [1.82, 2.24) is 10.2 Å². The second kappa shape index (κ2) is 10.8. The van der Waals surface area contributed by atoms with Crippen molar-refractivity contribution in [2.24, 2.45) is 5.92 Å². The lowest BCUT2D eigenvalue weighted by Crippen LogP contribution is -2.70. The number of hydrogen-bond acceptors (Lipinski definition) is 9. The normalized spacial score (nSPS) is 25.2. The molecule has 2 saturated heterocycles. The van der Waals surface area contributed by atoms with E-state index in [2.05, 4.69) is 5.32 Å². The molecule has 0 spiro atoms. The number of carbonyl (C=O) groups is 2. The lowest BCUT2D eigenvalue weighted by atomic mass is 9.66. The summed E-state index contributed by atoms with van der Waals surface area (Å²) in [4.78, 5) is 42.2. The summed E-state index contributed by atoms with van der Waals surface area (Å²) in [5.74, 6) is -1.20. The predicted octanol–water partition coefficient (Wildman–Crippen LogP) is 5.41. The molecule has 1 amide bonds. The molecule has 0 radical (unpaired) electrons. The van der Waals surface area contributed by atoms with Gasteiger partial charge in [-0.1, -0.05) is 29.5 Å². The summed E-state index contributed by atoms with van der Waals surface area (Å²) < 4.78 is 11.1. The largest absolute Gasteiger partial charge is 0.466 e. The van der Waals surface area contributed by atoms with Crippen molar-refractivity contribution in [2.75, 3.05) is 6.61 Å². The van der Waals surface area contributed by atoms with Crippen LogP contribution in [0.4, 0.5) is 5.69 Å². The van der Waals surface area contributed by atoms with Crippen LogP contribution < -0.4 is 5.32 Å². The van der Waals surface area contributed by atoms with E-state index in [0.717, 1.165) is 5.56 Å². The maximum Gasteiger partial charge on any atom is 0.313 e. The van der Waals surface area contributed by atoms with Crippen molar-refractivity contribution in [2.45, 2.75) is 49.7 Å². The Morgan fingerprint density at radius 3 is 2.67 bits per heavy atom. The van der Waals surface area contributed by atoms with E-state index in [9.17, 15) is 19.7 Å². The molecule has 3 aromatic rings. The molecule has 3 heterocycles. The van der Waals surface area contributed by atoms with Gasteiger partial charge in [-0.3, -0.25) is 29.9 Å². The van der Waals surface area contributed by atoms with E-state index >= 15 is 0 Å². The van der Waals surface area contributed by atoms with Gasteiger partial charge in [0.15, 0.2) is 0 Å². The molecule has 1 aromatic heterocycles. The number of hydrogen-bond donors (Lipinski definition) is 2. The SMILES string of the molecule is CCOC(=O)C1C(C)NC2S/C(=C\c3ccco3)C(=O)N2C1(c1ccc([N+](=O)[O-])cc1C)c1cc(C)ccc1S. The fourth-order valence-electron chi connectivity index (χ4n) is 5.82. The lowest BCUT2D eigenvalue weighted by Gasteiger charge is -2.55. The minimum Gasteiger partial charge on any atom is -0.466 e. The van der Waals surface area contributed by atoms with Crippen LogP contribution in [0.15, 0.2) is 69.0 Å². The second-order valence-corrected chi connectivity index (χ2v) is 11.5. The molecule has 2 aliphatic heterocycles. The molecular formula is C29H29N3O6S2. The molecule has 11 heteroatoms. The summed E-state index contributed by atoms with van der Waals surface area (Å²) >= 11 is 6.16. The molecule has 208 valence electrons. The molecule has 9 nitrogen and oxygen atoms in total. The van der Waals surface area contributed by atoms with Crippen LogP contribution in [-0.4, -0.2) is 39.8 Å². The van der Waals surface area contributed by atoms with Crippen LogP contribution in [0.5, 0.6) is 0 Å². The number of rotatable bonds is 6. The highest BCUT2D eigenvalue weighted by molar-refractivity contribution is 8.05. The summed E-state index contributed by atoms with van der Waals surface area (Å²) in [6, 6.07) is 13.3. The number of non-ortho nitro benzene ring substituents is 1. The Kier molecular flexibility index (Phi) is 7.56. The van der Waals surface area contributed by atoms with Crippen LogP contribution in [0.3, 0.4) is 0 Å². The van der Waals surface area contributed by atoms with E-state index in [1.54, 1.807) is 43.0 Å². The van der Waals surface area contributed by atoms with Crippen LogP contribution >= 0.6 is 24.4 Å². The monoisotopic (exact) mass is 579 g/mol. The molecule has 0 aliphatic carbocycles. The van der Waals surface area contributed by atoms with Gasteiger partial charge in [0.1, 0.15) is 22.7 Å². The Morgan fingerprint density at radius 1 is 1.25 bits per heavy atom. The van der Waals surface area contributed by atoms with Crippen molar-refractivity contribution >= 4 is 48.0 Å². The van der Waals surface area contributed by atoms with Gasteiger partial charge in [-0.15, -0.1) is 12.6 Å². The summed E-state index contributed by atoms with van der Waals surface area (Å²) in [7, 11) is 0. The standard InChI is InChI=1S/C29H29N3O6S2/c1-5-37-27(34)25-18(4)30-28-31(26(33)24(40-28)15-20-7-6-12-38-20)29(25,22-13-16(2)8-11-23(22)39)21-10-9-19(32(35)36)14-17(21)3/h6-15,18,25,28,30,39H,5H2,1-4H3/b24-15-. The Labute approximate surface area is 241 Å². The number of ether oxygens (including phenoxy) is 1. The van der Waals surface area contributed by atoms with Crippen LogP contribution in [0.2, 0.25) is 0 Å². The number of nitro groups is 1. The number of amides is 1. The van der Waals surface area contributed by atoms with E-state index in [1.807, 2.05) is 32.0 Å². The number of aryl methyl sites for hydroxylation is 2. The Morgan fingerprint density at radius 2 is 2.02 bits per heavy atom. The van der Waals surface area contributed by atoms with E-state index in [-0.39, 0.29) is 18.2 Å². The first-order valence-electron chi connectivity index (χ1n) is 12.8. The molecule has 40 heavy (non-hydrogen) atoms. The van der Waals surface area contributed by atoms with Gasteiger partial charge in [0.25, 0.3) is 11.6 Å². The first kappa shape index (κ1) is 28.0. The van der Waals surface area contributed by atoms with Crippen molar-refractivity contribution < 1.29 is 23.7 Å². The number of carbonyl (C=O) groups excluding carboxylic acids is 2. The van der Waals surface area contributed by atoms with E-state index < -0.39 is 33.9 Å². The highest BCUT2D eigenvalue weighted by atomic mass is 32.2. The number of benzene rings is 2. The number of thioether (sulfide) groups is 1. The molecule has 2 aromatic carbocycles. The number of esters is 1. The maximum absolute atomic E-state index is 14.4. The van der Waals surface area contributed by atoms with Gasteiger partial charge in [-0.05, 0) is 68.7 Å². The smallest absolute Gasteiger partial charge is 0.313 e. The van der Waals surface area contributed by atoms with Crippen molar-refractivity contribution in [3.8, 4) is 0 Å². The van der Waals surface area contributed by atoms with Gasteiger partial charge >= 0.3 is 5.97 Å². The van der Waals surface area contributed by atoms with Gasteiger partial charge in [0.2, 0.25) is 0 Å². The highest BCUT2D eigenvalue weighted by Gasteiger charge is 2.63. The third-order valence-corrected chi connectivity index (χ3v) is 8.90. The molecule has 5 rings (SSSR count). The molecule has 0 bridgehead atoms. The van der Waals surface area contributed by atoms with E-state index in [0.29, 0.717) is 32.3 Å². The zero-order valence-corrected chi connectivity index (χ0v) is 24.1. The number of thiol groups is 1. The molecule has 2 aliphatic rings. The van der Waals surface area contributed by atoms with E-state index in [4.69, 9.17) is 21.8 Å². The van der Waals surface area contributed by atoms with Gasteiger partial charge < -0.3 is 9.15 Å². The van der Waals surface area contributed by atoms with Crippen molar-refractivity contribution in [3.05, 3.63) is 97.8 Å². The number of fused-ring (bicyclic) bond motifs is 1. The molecule has 4 unspecified atom stereocenters. The maximum atomic E-state index is 14.4. The average Bonchev–Trinajstić information content (AvgIpc) is 3.52. The van der Waals surface area contributed by atoms with Crippen LogP contribution in [0, 0.1) is 29.9 Å². The first-order chi connectivity index (χ1) is 19.1. The van der Waals surface area contributed by atoms with Crippen LogP contribution in [-0.2, 0) is 19.9 Å². The van der Waals surface area contributed by atoms with Crippen molar-refractivity contribution in [3.63, 3.8) is 0 Å². The Balaban J connectivity index is 1.87. The zero-order valence-electron chi connectivity index (χ0n) is 22.4. The zero-order chi connectivity index (χ0) is 28.8. The third kappa shape index (κ3) is 4.51. The summed E-state index contributed by atoms with van der Waals surface area (Å²) in [6.45, 7) is 7.46. The minimum atomic E-state index is -1.41. The minimum absolute atomic E-state index is 0.0847. The molecular weight excluding hydrogens is 550 g/mol. The Bertz CT molecular complexity index is 1520. The summed E-state index contributed by atoms with van der Waals surface area (Å²) in [5, 5.41) is 15.1. The fourth-order valence-corrected chi connectivity index (χ4v) is 7.41. The average molecular weight is 580 g/mol.